The maximum absolute atomic E-state index is 10.7. The van der Waals surface area contributed by atoms with Crippen LogP contribution in [0.15, 0.2) is 16.7 Å². The Hall–Kier alpha value is -1.01. The van der Waals surface area contributed by atoms with Gasteiger partial charge in [0, 0.05) is 23.0 Å². The molecule has 0 fully saturated rings. The molecular formula is C13H20BrN3O2. The average molecular weight is 330 g/mol. The highest BCUT2D eigenvalue weighted by Gasteiger charge is 2.25. The van der Waals surface area contributed by atoms with E-state index in [0.717, 1.165) is 18.7 Å². The van der Waals surface area contributed by atoms with Crippen molar-refractivity contribution in [1.29, 1.82) is 0 Å². The fourth-order valence-corrected chi connectivity index (χ4v) is 2.33. The Morgan fingerprint density at radius 2 is 2.16 bits per heavy atom. The standard InChI is InChI=1S/C13H20BrN3O2/c1-5-15-12(13(2,3)4)7-11-10(14)6-9(8-16-11)17(18)19/h6,8,12,15H,5,7H2,1-4H3. The van der Waals surface area contributed by atoms with Crippen molar-refractivity contribution in [2.75, 3.05) is 6.54 Å². The topological polar surface area (TPSA) is 68.1 Å². The van der Waals surface area contributed by atoms with Gasteiger partial charge in [-0.3, -0.25) is 15.1 Å². The van der Waals surface area contributed by atoms with Gasteiger partial charge in [0.2, 0.25) is 0 Å². The second-order valence-corrected chi connectivity index (χ2v) is 6.41. The van der Waals surface area contributed by atoms with Crippen molar-refractivity contribution in [3.63, 3.8) is 0 Å². The molecule has 1 aromatic heterocycles. The molecule has 106 valence electrons. The highest BCUT2D eigenvalue weighted by atomic mass is 79.9. The van der Waals surface area contributed by atoms with Crippen molar-refractivity contribution < 1.29 is 4.92 Å². The van der Waals surface area contributed by atoms with Gasteiger partial charge < -0.3 is 5.32 Å². The number of halogens is 1. The highest BCUT2D eigenvalue weighted by molar-refractivity contribution is 9.10. The van der Waals surface area contributed by atoms with E-state index in [4.69, 9.17) is 0 Å². The first-order valence-electron chi connectivity index (χ1n) is 6.28. The smallest absolute Gasteiger partial charge is 0.288 e. The molecular weight excluding hydrogens is 310 g/mol. The second-order valence-electron chi connectivity index (χ2n) is 5.56. The van der Waals surface area contributed by atoms with Gasteiger partial charge >= 0.3 is 0 Å². The molecule has 5 nitrogen and oxygen atoms in total. The molecule has 19 heavy (non-hydrogen) atoms. The lowest BCUT2D eigenvalue weighted by molar-refractivity contribution is -0.385. The Morgan fingerprint density at radius 3 is 2.58 bits per heavy atom. The third-order valence-corrected chi connectivity index (χ3v) is 3.69. The normalized spacial score (nSPS) is 13.3. The highest BCUT2D eigenvalue weighted by Crippen LogP contribution is 2.26. The molecule has 1 heterocycles. The molecule has 1 aromatic rings. The quantitative estimate of drug-likeness (QED) is 0.664. The van der Waals surface area contributed by atoms with E-state index in [1.807, 2.05) is 0 Å². The largest absolute Gasteiger partial charge is 0.313 e. The summed E-state index contributed by atoms with van der Waals surface area (Å²) in [6, 6.07) is 1.77. The fourth-order valence-electron chi connectivity index (χ4n) is 1.83. The Morgan fingerprint density at radius 1 is 1.53 bits per heavy atom. The number of pyridine rings is 1. The molecule has 0 aliphatic carbocycles. The minimum absolute atomic E-state index is 0.00591. The number of nitro groups is 1. The van der Waals surface area contributed by atoms with E-state index >= 15 is 0 Å². The molecule has 1 atom stereocenters. The summed E-state index contributed by atoms with van der Waals surface area (Å²) in [6.45, 7) is 9.45. The van der Waals surface area contributed by atoms with Gasteiger partial charge in [0.25, 0.3) is 5.69 Å². The van der Waals surface area contributed by atoms with Crippen LogP contribution in [-0.2, 0) is 6.42 Å². The number of aromatic nitrogens is 1. The lowest BCUT2D eigenvalue weighted by atomic mass is 9.84. The van der Waals surface area contributed by atoms with Gasteiger partial charge in [0.15, 0.2) is 0 Å². The SMILES string of the molecule is CCNC(Cc1ncc([N+](=O)[O-])cc1Br)C(C)(C)C. The number of likely N-dealkylation sites (N-methyl/N-ethyl adjacent to an activating group) is 1. The van der Waals surface area contributed by atoms with Crippen LogP contribution < -0.4 is 5.32 Å². The van der Waals surface area contributed by atoms with Gasteiger partial charge in [0.05, 0.1) is 10.6 Å². The molecule has 0 radical (unpaired) electrons. The number of hydrogen-bond donors (Lipinski definition) is 1. The molecule has 0 saturated carbocycles. The summed E-state index contributed by atoms with van der Waals surface area (Å²) in [6.07, 6.45) is 2.04. The molecule has 0 bridgehead atoms. The zero-order chi connectivity index (χ0) is 14.6. The van der Waals surface area contributed by atoms with E-state index in [9.17, 15) is 10.1 Å². The first-order valence-corrected chi connectivity index (χ1v) is 7.07. The van der Waals surface area contributed by atoms with Crippen molar-refractivity contribution in [3.8, 4) is 0 Å². The molecule has 0 spiro atoms. The number of hydrogen-bond acceptors (Lipinski definition) is 4. The zero-order valence-electron chi connectivity index (χ0n) is 11.7. The van der Waals surface area contributed by atoms with Gasteiger partial charge in [-0.15, -0.1) is 0 Å². The van der Waals surface area contributed by atoms with E-state index in [0.29, 0.717) is 4.47 Å². The summed E-state index contributed by atoms with van der Waals surface area (Å²) in [5.41, 5.74) is 0.941. The molecule has 0 aliphatic rings. The second kappa shape index (κ2) is 6.43. The van der Waals surface area contributed by atoms with E-state index in [1.54, 1.807) is 0 Å². The zero-order valence-corrected chi connectivity index (χ0v) is 13.3. The van der Waals surface area contributed by atoms with Crippen LogP contribution >= 0.6 is 15.9 Å². The number of nitrogens with one attached hydrogen (secondary N) is 1. The van der Waals surface area contributed by atoms with Crippen LogP contribution in [0.25, 0.3) is 0 Å². The third kappa shape index (κ3) is 4.54. The van der Waals surface area contributed by atoms with E-state index in [2.05, 4.69) is 53.9 Å². The van der Waals surface area contributed by atoms with Crippen LogP contribution in [0.1, 0.15) is 33.4 Å². The first kappa shape index (κ1) is 16.0. The molecule has 0 amide bonds. The van der Waals surface area contributed by atoms with Crippen LogP contribution in [0, 0.1) is 15.5 Å². The van der Waals surface area contributed by atoms with Gasteiger partial charge in [-0.1, -0.05) is 27.7 Å². The Labute approximate surface area is 122 Å². The van der Waals surface area contributed by atoms with Crippen molar-refractivity contribution in [2.24, 2.45) is 5.41 Å². The van der Waals surface area contributed by atoms with Crippen molar-refractivity contribution >= 4 is 21.6 Å². The molecule has 1 N–H and O–H groups in total. The lowest BCUT2D eigenvalue weighted by Crippen LogP contribution is -2.42. The summed E-state index contributed by atoms with van der Waals surface area (Å²) in [7, 11) is 0. The summed E-state index contributed by atoms with van der Waals surface area (Å²) in [4.78, 5) is 14.4. The monoisotopic (exact) mass is 329 g/mol. The van der Waals surface area contributed by atoms with Crippen molar-refractivity contribution in [2.45, 2.75) is 40.2 Å². The van der Waals surface area contributed by atoms with Crippen LogP contribution in [0.2, 0.25) is 0 Å². The predicted octanol–water partition coefficient (Wildman–Crippen LogP) is 3.32. The first-order chi connectivity index (χ1) is 8.75. The van der Waals surface area contributed by atoms with E-state index in [-0.39, 0.29) is 17.1 Å². The lowest BCUT2D eigenvalue weighted by Gasteiger charge is -2.31. The van der Waals surface area contributed by atoms with Crippen LogP contribution in [0.5, 0.6) is 0 Å². The minimum Gasteiger partial charge on any atom is -0.313 e. The Bertz CT molecular complexity index is 458. The Kier molecular flexibility index (Phi) is 5.43. The van der Waals surface area contributed by atoms with E-state index in [1.165, 1.54) is 12.3 Å². The van der Waals surface area contributed by atoms with Gasteiger partial charge in [-0.2, -0.15) is 0 Å². The number of rotatable bonds is 5. The summed E-state index contributed by atoms with van der Waals surface area (Å²) in [5.74, 6) is 0. The number of nitrogens with zero attached hydrogens (tertiary/aromatic N) is 2. The maximum atomic E-state index is 10.7. The molecule has 1 unspecified atom stereocenters. The van der Waals surface area contributed by atoms with Gasteiger partial charge in [-0.25, -0.2) is 0 Å². The van der Waals surface area contributed by atoms with E-state index < -0.39 is 4.92 Å². The molecule has 6 heteroatoms. The Balaban J connectivity index is 2.94. The van der Waals surface area contributed by atoms with Gasteiger partial charge in [-0.05, 0) is 27.9 Å². The molecule has 0 aromatic carbocycles. The summed E-state index contributed by atoms with van der Waals surface area (Å²) in [5, 5.41) is 14.1. The van der Waals surface area contributed by atoms with Crippen molar-refractivity contribution in [1.82, 2.24) is 10.3 Å². The van der Waals surface area contributed by atoms with Gasteiger partial charge in [0.1, 0.15) is 6.20 Å². The average Bonchev–Trinajstić information content (AvgIpc) is 2.29. The van der Waals surface area contributed by atoms with Crippen LogP contribution in [-0.4, -0.2) is 22.5 Å². The fraction of sp³-hybridized carbons (Fsp3) is 0.615. The van der Waals surface area contributed by atoms with Crippen molar-refractivity contribution in [3.05, 3.63) is 32.5 Å². The summed E-state index contributed by atoms with van der Waals surface area (Å²) < 4.78 is 0.689. The molecule has 1 rings (SSSR count). The summed E-state index contributed by atoms with van der Waals surface area (Å²) >= 11 is 3.37. The van der Waals surface area contributed by atoms with Crippen LogP contribution in [0.4, 0.5) is 5.69 Å². The molecule has 0 saturated heterocycles. The third-order valence-electron chi connectivity index (χ3n) is 3.01. The molecule has 0 aliphatic heterocycles. The maximum Gasteiger partial charge on any atom is 0.288 e. The predicted molar refractivity (Wildman–Crippen MR) is 79.2 cm³/mol. The van der Waals surface area contributed by atoms with Crippen LogP contribution in [0.3, 0.4) is 0 Å². The minimum atomic E-state index is -0.437.